The lowest BCUT2D eigenvalue weighted by Gasteiger charge is -2.12. The normalized spacial score (nSPS) is 11.0. The summed E-state index contributed by atoms with van der Waals surface area (Å²) in [6, 6.07) is 14.5. The van der Waals surface area contributed by atoms with Gasteiger partial charge < -0.3 is 19.3 Å². The third-order valence-electron chi connectivity index (χ3n) is 4.03. The molecule has 6 heteroatoms. The summed E-state index contributed by atoms with van der Waals surface area (Å²) in [7, 11) is 1.52. The van der Waals surface area contributed by atoms with Crippen molar-refractivity contribution in [1.29, 1.82) is 5.26 Å². The average Bonchev–Trinajstić information content (AvgIpc) is 2.70. The molecule has 0 aromatic heterocycles. The van der Waals surface area contributed by atoms with Crippen LogP contribution in [0.2, 0.25) is 0 Å². The Kier molecular flexibility index (Phi) is 7.46. The summed E-state index contributed by atoms with van der Waals surface area (Å²) in [5, 5.41) is 18.0. The molecule has 146 valence electrons. The van der Waals surface area contributed by atoms with E-state index in [0.29, 0.717) is 29.6 Å². The van der Waals surface area contributed by atoms with Gasteiger partial charge in [-0.3, -0.25) is 0 Å². The van der Waals surface area contributed by atoms with E-state index in [1.807, 2.05) is 24.3 Å². The molecular formula is C22H23NO5. The minimum Gasteiger partial charge on any atom is -0.497 e. The second-order valence-electron chi connectivity index (χ2n) is 6.30. The monoisotopic (exact) mass is 381 g/mol. The van der Waals surface area contributed by atoms with Crippen molar-refractivity contribution < 1.29 is 24.1 Å². The molecule has 0 fully saturated rings. The van der Waals surface area contributed by atoms with Gasteiger partial charge in [0.1, 0.15) is 42.1 Å². The van der Waals surface area contributed by atoms with Crippen LogP contribution in [0.3, 0.4) is 0 Å². The molecule has 0 amide bonds. The van der Waals surface area contributed by atoms with Crippen LogP contribution in [-0.4, -0.2) is 31.4 Å². The minimum absolute atomic E-state index is 0.245. The zero-order valence-electron chi connectivity index (χ0n) is 16.1. The molecule has 2 rings (SSSR count). The number of aliphatic carboxylic acids is 1. The number of nitriles is 1. The van der Waals surface area contributed by atoms with Crippen LogP contribution in [-0.2, 0) is 4.79 Å². The van der Waals surface area contributed by atoms with Gasteiger partial charge in [0, 0.05) is 11.6 Å². The van der Waals surface area contributed by atoms with Crippen molar-refractivity contribution in [2.75, 3.05) is 20.3 Å². The number of nitrogens with zero attached hydrogens (tertiary/aromatic N) is 1. The molecule has 0 spiro atoms. The van der Waals surface area contributed by atoms with Crippen molar-refractivity contribution in [3.05, 3.63) is 59.2 Å². The molecule has 0 saturated heterocycles. The van der Waals surface area contributed by atoms with E-state index < -0.39 is 5.97 Å². The molecule has 0 aliphatic carbocycles. The van der Waals surface area contributed by atoms with Crippen molar-refractivity contribution in [3.63, 3.8) is 0 Å². The SMILES string of the molecule is COc1ccc(C=C(C#N)C(=O)O)c(OCCOc2ccc(C(C)C)cc2)c1. The smallest absolute Gasteiger partial charge is 0.346 e. The van der Waals surface area contributed by atoms with Gasteiger partial charge in [-0.2, -0.15) is 5.26 Å². The van der Waals surface area contributed by atoms with E-state index in [2.05, 4.69) is 13.8 Å². The lowest BCUT2D eigenvalue weighted by atomic mass is 10.0. The summed E-state index contributed by atoms with van der Waals surface area (Å²) >= 11 is 0. The molecule has 1 N–H and O–H groups in total. The van der Waals surface area contributed by atoms with Crippen LogP contribution < -0.4 is 14.2 Å². The van der Waals surface area contributed by atoms with Crippen LogP contribution in [0.1, 0.15) is 30.9 Å². The highest BCUT2D eigenvalue weighted by atomic mass is 16.5. The molecule has 0 radical (unpaired) electrons. The molecule has 0 aliphatic rings. The molecule has 0 aliphatic heterocycles. The molecule has 2 aromatic carbocycles. The number of carboxylic acid groups (broad SMARTS) is 1. The maximum Gasteiger partial charge on any atom is 0.346 e. The van der Waals surface area contributed by atoms with Gasteiger partial charge in [-0.25, -0.2) is 4.79 Å². The van der Waals surface area contributed by atoms with Gasteiger partial charge in [-0.05, 0) is 41.8 Å². The van der Waals surface area contributed by atoms with Gasteiger partial charge in [0.15, 0.2) is 0 Å². The van der Waals surface area contributed by atoms with Gasteiger partial charge in [-0.1, -0.05) is 26.0 Å². The van der Waals surface area contributed by atoms with Crippen LogP contribution in [0.5, 0.6) is 17.2 Å². The highest BCUT2D eigenvalue weighted by Crippen LogP contribution is 2.27. The van der Waals surface area contributed by atoms with Gasteiger partial charge in [-0.15, -0.1) is 0 Å². The van der Waals surface area contributed by atoms with Crippen LogP contribution >= 0.6 is 0 Å². The van der Waals surface area contributed by atoms with Crippen molar-refractivity contribution in [2.24, 2.45) is 0 Å². The Hall–Kier alpha value is -3.46. The lowest BCUT2D eigenvalue weighted by molar-refractivity contribution is -0.132. The van der Waals surface area contributed by atoms with E-state index in [1.165, 1.54) is 18.7 Å². The Morgan fingerprint density at radius 1 is 1.11 bits per heavy atom. The summed E-state index contributed by atoms with van der Waals surface area (Å²) in [6.45, 7) is 4.82. The third-order valence-corrected chi connectivity index (χ3v) is 4.03. The molecule has 0 saturated carbocycles. The highest BCUT2D eigenvalue weighted by molar-refractivity contribution is 5.96. The zero-order chi connectivity index (χ0) is 20.5. The number of ether oxygens (including phenoxy) is 3. The van der Waals surface area contributed by atoms with Crippen molar-refractivity contribution >= 4 is 12.0 Å². The lowest BCUT2D eigenvalue weighted by Crippen LogP contribution is -2.10. The van der Waals surface area contributed by atoms with E-state index in [9.17, 15) is 4.79 Å². The third kappa shape index (κ3) is 5.78. The molecule has 0 atom stereocenters. The first-order valence-corrected chi connectivity index (χ1v) is 8.83. The number of methoxy groups -OCH3 is 1. The van der Waals surface area contributed by atoms with E-state index in [0.717, 1.165) is 5.75 Å². The fourth-order valence-corrected chi connectivity index (χ4v) is 2.44. The number of benzene rings is 2. The molecule has 2 aromatic rings. The van der Waals surface area contributed by atoms with Gasteiger partial charge in [0.25, 0.3) is 0 Å². The van der Waals surface area contributed by atoms with E-state index in [1.54, 1.807) is 24.3 Å². The average molecular weight is 381 g/mol. The topological polar surface area (TPSA) is 88.8 Å². The fourth-order valence-electron chi connectivity index (χ4n) is 2.44. The van der Waals surface area contributed by atoms with Crippen molar-refractivity contribution in [3.8, 4) is 23.3 Å². The molecule has 0 heterocycles. The summed E-state index contributed by atoms with van der Waals surface area (Å²) in [4.78, 5) is 11.1. The van der Waals surface area contributed by atoms with Crippen LogP contribution in [0.25, 0.3) is 6.08 Å². The Balaban J connectivity index is 2.04. The number of hydrogen-bond acceptors (Lipinski definition) is 5. The van der Waals surface area contributed by atoms with Crippen LogP contribution in [0.4, 0.5) is 0 Å². The van der Waals surface area contributed by atoms with Gasteiger partial charge >= 0.3 is 5.97 Å². The minimum atomic E-state index is -1.29. The largest absolute Gasteiger partial charge is 0.497 e. The molecule has 28 heavy (non-hydrogen) atoms. The quantitative estimate of drug-likeness (QED) is 0.396. The number of carbonyl (C=O) groups is 1. The Morgan fingerprint density at radius 2 is 1.75 bits per heavy atom. The van der Waals surface area contributed by atoms with E-state index in [-0.39, 0.29) is 12.2 Å². The summed E-state index contributed by atoms with van der Waals surface area (Å²) in [6.07, 6.45) is 1.27. The molecular weight excluding hydrogens is 358 g/mol. The first-order chi connectivity index (χ1) is 13.4. The van der Waals surface area contributed by atoms with Crippen molar-refractivity contribution in [1.82, 2.24) is 0 Å². The first kappa shape index (κ1) is 20.8. The van der Waals surface area contributed by atoms with E-state index in [4.69, 9.17) is 24.6 Å². The van der Waals surface area contributed by atoms with Gasteiger partial charge in [0.05, 0.1) is 7.11 Å². The predicted octanol–water partition coefficient (Wildman–Crippen LogP) is 4.27. The second kappa shape index (κ2) is 10.0. The number of hydrogen-bond donors (Lipinski definition) is 1. The maximum absolute atomic E-state index is 11.1. The fraction of sp³-hybridized carbons (Fsp3) is 0.273. The summed E-state index contributed by atoms with van der Waals surface area (Å²) < 4.78 is 16.6. The second-order valence-corrected chi connectivity index (χ2v) is 6.30. The zero-order valence-corrected chi connectivity index (χ0v) is 16.1. The Morgan fingerprint density at radius 3 is 2.32 bits per heavy atom. The van der Waals surface area contributed by atoms with Crippen molar-refractivity contribution in [2.45, 2.75) is 19.8 Å². The summed E-state index contributed by atoms with van der Waals surface area (Å²) in [5.74, 6) is 0.883. The summed E-state index contributed by atoms with van der Waals surface area (Å²) in [5.41, 5.74) is 1.33. The standard InChI is InChI=1S/C22H23NO5/c1-15(2)16-4-7-19(8-5-16)27-10-11-28-21-13-20(26-3)9-6-17(21)12-18(14-23)22(24)25/h4-9,12-13,15H,10-11H2,1-3H3,(H,24,25). The maximum atomic E-state index is 11.1. The van der Waals surface area contributed by atoms with Crippen LogP contribution in [0, 0.1) is 11.3 Å². The van der Waals surface area contributed by atoms with Gasteiger partial charge in [0.2, 0.25) is 0 Å². The Labute approximate surface area is 164 Å². The number of rotatable bonds is 9. The molecule has 0 bridgehead atoms. The van der Waals surface area contributed by atoms with E-state index >= 15 is 0 Å². The predicted molar refractivity (Wildman–Crippen MR) is 106 cm³/mol. The Bertz CT molecular complexity index is 879. The van der Waals surface area contributed by atoms with Crippen LogP contribution in [0.15, 0.2) is 48.0 Å². The number of carboxylic acids is 1. The molecule has 6 nitrogen and oxygen atoms in total. The molecule has 0 unspecified atom stereocenters. The first-order valence-electron chi connectivity index (χ1n) is 8.83. The highest BCUT2D eigenvalue weighted by Gasteiger charge is 2.10.